The zero-order valence-corrected chi connectivity index (χ0v) is 13.4. The average Bonchev–Trinajstić information content (AvgIpc) is 3.00. The quantitative estimate of drug-likeness (QED) is 0.677. The molecule has 0 saturated carbocycles. The number of anilines is 1. The van der Waals surface area contributed by atoms with Gasteiger partial charge in [0, 0.05) is 12.1 Å². The van der Waals surface area contributed by atoms with Crippen LogP contribution in [0.2, 0.25) is 0 Å². The first-order valence-electron chi connectivity index (χ1n) is 7.86. The number of halogens is 1. The van der Waals surface area contributed by atoms with Crippen molar-refractivity contribution < 1.29 is 14.6 Å². The molecule has 124 valence electrons. The SMILES string of the molecule is Cc1nc2c(NC3c4ccc(F)cc4CC3O)ccc(C)n2c1O. The molecule has 0 radical (unpaired) electrons. The summed E-state index contributed by atoms with van der Waals surface area (Å²) in [5.74, 6) is -0.186. The van der Waals surface area contributed by atoms with E-state index in [-0.39, 0.29) is 17.7 Å². The van der Waals surface area contributed by atoms with Gasteiger partial charge in [-0.3, -0.25) is 4.40 Å². The Morgan fingerprint density at radius 3 is 2.83 bits per heavy atom. The van der Waals surface area contributed by atoms with Crippen LogP contribution < -0.4 is 5.32 Å². The summed E-state index contributed by atoms with van der Waals surface area (Å²) in [4.78, 5) is 4.42. The van der Waals surface area contributed by atoms with Gasteiger partial charge in [-0.05, 0) is 49.2 Å². The molecule has 0 amide bonds. The maximum atomic E-state index is 13.4. The van der Waals surface area contributed by atoms with E-state index in [9.17, 15) is 14.6 Å². The number of imidazole rings is 1. The van der Waals surface area contributed by atoms with E-state index in [4.69, 9.17) is 0 Å². The average molecular weight is 327 g/mol. The van der Waals surface area contributed by atoms with Crippen molar-refractivity contribution in [3.05, 3.63) is 58.7 Å². The summed E-state index contributed by atoms with van der Waals surface area (Å²) >= 11 is 0. The fourth-order valence-corrected chi connectivity index (χ4v) is 3.45. The minimum Gasteiger partial charge on any atom is -0.493 e. The Kier molecular flexibility index (Phi) is 3.25. The molecule has 1 aliphatic carbocycles. The van der Waals surface area contributed by atoms with Crippen LogP contribution in [0.25, 0.3) is 5.65 Å². The zero-order valence-electron chi connectivity index (χ0n) is 13.4. The van der Waals surface area contributed by atoms with Crippen LogP contribution in [-0.2, 0) is 6.42 Å². The van der Waals surface area contributed by atoms with Crippen molar-refractivity contribution in [1.82, 2.24) is 9.38 Å². The topological polar surface area (TPSA) is 69.8 Å². The Bertz CT molecular complexity index is 951. The zero-order chi connectivity index (χ0) is 17.0. The number of aliphatic hydroxyl groups excluding tert-OH is 1. The molecule has 3 aromatic rings. The van der Waals surface area contributed by atoms with Crippen molar-refractivity contribution in [3.63, 3.8) is 0 Å². The molecule has 1 aromatic carbocycles. The summed E-state index contributed by atoms with van der Waals surface area (Å²) in [6.07, 6.45) is -0.237. The van der Waals surface area contributed by atoms with Gasteiger partial charge in [0.25, 0.3) is 0 Å². The molecule has 0 aliphatic heterocycles. The Labute approximate surface area is 138 Å². The lowest BCUT2D eigenvalue weighted by Crippen LogP contribution is -2.21. The molecule has 1 aliphatic rings. The third-order valence-corrected chi connectivity index (χ3v) is 4.67. The molecule has 0 bridgehead atoms. The first-order chi connectivity index (χ1) is 11.5. The van der Waals surface area contributed by atoms with E-state index in [1.807, 2.05) is 19.1 Å². The molecule has 2 heterocycles. The van der Waals surface area contributed by atoms with Gasteiger partial charge in [0.2, 0.25) is 5.88 Å². The van der Waals surface area contributed by atoms with Crippen molar-refractivity contribution >= 4 is 11.3 Å². The number of nitrogens with one attached hydrogen (secondary N) is 1. The Balaban J connectivity index is 1.78. The van der Waals surface area contributed by atoms with E-state index in [1.54, 1.807) is 17.4 Å². The number of fused-ring (bicyclic) bond motifs is 2. The first kappa shape index (κ1) is 15.0. The van der Waals surface area contributed by atoms with E-state index >= 15 is 0 Å². The molecular weight excluding hydrogens is 309 g/mol. The second-order valence-corrected chi connectivity index (χ2v) is 6.30. The smallest absolute Gasteiger partial charge is 0.219 e. The molecule has 0 spiro atoms. The lowest BCUT2D eigenvalue weighted by atomic mass is 10.1. The molecule has 2 aromatic heterocycles. The van der Waals surface area contributed by atoms with E-state index in [1.165, 1.54) is 12.1 Å². The van der Waals surface area contributed by atoms with Gasteiger partial charge in [-0.15, -0.1) is 0 Å². The standard InChI is InChI=1S/C18H18FN3O2/c1-9-3-6-14(17-20-10(2)18(24)22(9)17)21-16-13-5-4-12(19)7-11(13)8-15(16)23/h3-7,15-16,21,23-24H,8H2,1-2H3. The number of hydrogen-bond acceptors (Lipinski definition) is 4. The largest absolute Gasteiger partial charge is 0.493 e. The van der Waals surface area contributed by atoms with Crippen molar-refractivity contribution in [1.29, 1.82) is 0 Å². The monoisotopic (exact) mass is 327 g/mol. The fourth-order valence-electron chi connectivity index (χ4n) is 3.45. The van der Waals surface area contributed by atoms with Gasteiger partial charge in [-0.25, -0.2) is 9.37 Å². The number of aromatic hydroxyl groups is 1. The van der Waals surface area contributed by atoms with E-state index in [0.717, 1.165) is 16.8 Å². The van der Waals surface area contributed by atoms with Gasteiger partial charge in [0.05, 0.1) is 17.8 Å². The van der Waals surface area contributed by atoms with Crippen LogP contribution in [0.3, 0.4) is 0 Å². The first-order valence-corrected chi connectivity index (χ1v) is 7.86. The summed E-state index contributed by atoms with van der Waals surface area (Å²) < 4.78 is 15.1. The number of nitrogens with zero attached hydrogens (tertiary/aromatic N) is 2. The van der Waals surface area contributed by atoms with E-state index in [2.05, 4.69) is 10.3 Å². The van der Waals surface area contributed by atoms with Crippen LogP contribution in [0.5, 0.6) is 5.88 Å². The minimum absolute atomic E-state index is 0.112. The van der Waals surface area contributed by atoms with Crippen LogP contribution in [0.1, 0.15) is 28.6 Å². The number of benzene rings is 1. The normalized spacial score (nSPS) is 19.7. The fraction of sp³-hybridized carbons (Fsp3) is 0.278. The minimum atomic E-state index is -0.646. The summed E-state index contributed by atoms with van der Waals surface area (Å²) in [6, 6.07) is 8.00. The third-order valence-electron chi connectivity index (χ3n) is 4.67. The molecule has 5 nitrogen and oxygen atoms in total. The summed E-state index contributed by atoms with van der Waals surface area (Å²) in [5, 5.41) is 23.9. The van der Waals surface area contributed by atoms with Crippen LogP contribution in [0, 0.1) is 19.7 Å². The Morgan fingerprint density at radius 2 is 2.04 bits per heavy atom. The lowest BCUT2D eigenvalue weighted by molar-refractivity contribution is 0.166. The second-order valence-electron chi connectivity index (χ2n) is 6.30. The Hall–Kier alpha value is -2.60. The predicted octanol–water partition coefficient (Wildman–Crippen LogP) is 2.87. The maximum Gasteiger partial charge on any atom is 0.219 e. The van der Waals surface area contributed by atoms with Crippen molar-refractivity contribution in [2.75, 3.05) is 5.32 Å². The predicted molar refractivity (Wildman–Crippen MR) is 88.8 cm³/mol. The number of rotatable bonds is 2. The summed E-state index contributed by atoms with van der Waals surface area (Å²) in [6.45, 7) is 3.63. The van der Waals surface area contributed by atoms with Gasteiger partial charge < -0.3 is 15.5 Å². The van der Waals surface area contributed by atoms with Crippen LogP contribution >= 0.6 is 0 Å². The summed E-state index contributed by atoms with van der Waals surface area (Å²) in [5.41, 5.74) is 4.42. The van der Waals surface area contributed by atoms with Gasteiger partial charge in [0.1, 0.15) is 11.5 Å². The molecule has 6 heteroatoms. The second kappa shape index (κ2) is 5.21. The maximum absolute atomic E-state index is 13.4. The van der Waals surface area contributed by atoms with Crippen molar-refractivity contribution in [2.24, 2.45) is 0 Å². The number of aromatic nitrogens is 2. The highest BCUT2D eigenvalue weighted by Crippen LogP contribution is 2.36. The molecule has 2 atom stereocenters. The highest BCUT2D eigenvalue weighted by molar-refractivity contribution is 5.71. The number of aryl methyl sites for hydroxylation is 2. The highest BCUT2D eigenvalue weighted by atomic mass is 19.1. The van der Waals surface area contributed by atoms with Gasteiger partial charge >= 0.3 is 0 Å². The molecule has 2 unspecified atom stereocenters. The highest BCUT2D eigenvalue weighted by Gasteiger charge is 2.32. The molecular formula is C18H18FN3O2. The molecule has 24 heavy (non-hydrogen) atoms. The van der Waals surface area contributed by atoms with Gasteiger partial charge in [-0.1, -0.05) is 6.07 Å². The van der Waals surface area contributed by atoms with Crippen molar-refractivity contribution in [3.8, 4) is 5.88 Å². The van der Waals surface area contributed by atoms with Gasteiger partial charge in [-0.2, -0.15) is 0 Å². The number of hydrogen-bond donors (Lipinski definition) is 3. The van der Waals surface area contributed by atoms with Crippen LogP contribution in [0.15, 0.2) is 30.3 Å². The lowest BCUT2D eigenvalue weighted by Gasteiger charge is -2.20. The van der Waals surface area contributed by atoms with Crippen LogP contribution in [0.4, 0.5) is 10.1 Å². The molecule has 4 rings (SSSR count). The molecule has 0 saturated heterocycles. The molecule has 0 fully saturated rings. The number of aliphatic hydroxyl groups is 1. The molecule has 3 N–H and O–H groups in total. The van der Waals surface area contributed by atoms with Gasteiger partial charge in [0.15, 0.2) is 5.65 Å². The van der Waals surface area contributed by atoms with Crippen molar-refractivity contribution in [2.45, 2.75) is 32.4 Å². The summed E-state index contributed by atoms with van der Waals surface area (Å²) in [7, 11) is 0. The Morgan fingerprint density at radius 1 is 1.25 bits per heavy atom. The van der Waals surface area contributed by atoms with E-state index in [0.29, 0.717) is 23.4 Å². The van der Waals surface area contributed by atoms with Crippen LogP contribution in [-0.4, -0.2) is 25.7 Å². The number of pyridine rings is 1. The van der Waals surface area contributed by atoms with E-state index < -0.39 is 6.10 Å². The third kappa shape index (κ3) is 2.14.